The number of aromatic nitrogens is 2. The number of halogens is 1. The molecule has 0 bridgehead atoms. The lowest BCUT2D eigenvalue weighted by Crippen LogP contribution is -2.46. The molecule has 4 aromatic rings. The summed E-state index contributed by atoms with van der Waals surface area (Å²) >= 11 is 0. The van der Waals surface area contributed by atoms with Gasteiger partial charge in [0.1, 0.15) is 5.82 Å². The third-order valence-electron chi connectivity index (χ3n) is 5.78. The number of allylic oxidation sites excluding steroid dienone is 1. The van der Waals surface area contributed by atoms with E-state index >= 15 is 0 Å². The molecule has 1 aliphatic heterocycles. The molecule has 9 heteroatoms. The SMILES string of the molecule is COc1ccc(C2NC(=O)N(c3cccc(F)c3)C(C)=C2c2nc(-c3ccccc3)no2)cc1O. The molecule has 1 unspecified atom stereocenters. The Kier molecular flexibility index (Phi) is 5.66. The summed E-state index contributed by atoms with van der Waals surface area (Å²) in [6.07, 6.45) is 0. The summed E-state index contributed by atoms with van der Waals surface area (Å²) in [6.45, 7) is 1.72. The number of nitrogens with one attached hydrogen (secondary N) is 1. The fraction of sp³-hybridized carbons (Fsp3) is 0.115. The topological polar surface area (TPSA) is 101 Å². The Balaban J connectivity index is 1.67. The normalized spacial score (nSPS) is 15.8. The van der Waals surface area contributed by atoms with E-state index in [0.29, 0.717) is 34.1 Å². The van der Waals surface area contributed by atoms with Crippen LogP contribution in [0.5, 0.6) is 11.5 Å². The van der Waals surface area contributed by atoms with Crippen molar-refractivity contribution in [2.75, 3.05) is 12.0 Å². The van der Waals surface area contributed by atoms with Crippen molar-refractivity contribution in [1.82, 2.24) is 15.5 Å². The quantitative estimate of drug-likeness (QED) is 0.409. The maximum atomic E-state index is 14.0. The highest BCUT2D eigenvalue weighted by Crippen LogP contribution is 2.41. The van der Waals surface area contributed by atoms with Gasteiger partial charge in [-0.25, -0.2) is 9.18 Å². The monoisotopic (exact) mass is 472 g/mol. The lowest BCUT2D eigenvalue weighted by molar-refractivity contribution is 0.244. The smallest absolute Gasteiger partial charge is 0.327 e. The minimum atomic E-state index is -0.729. The number of benzene rings is 3. The maximum Gasteiger partial charge on any atom is 0.327 e. The number of hydrogen-bond donors (Lipinski definition) is 2. The number of aromatic hydroxyl groups is 1. The van der Waals surface area contributed by atoms with Crippen LogP contribution in [0.4, 0.5) is 14.9 Å². The van der Waals surface area contributed by atoms with Crippen LogP contribution in [0.3, 0.4) is 0 Å². The van der Waals surface area contributed by atoms with Gasteiger partial charge in [0.15, 0.2) is 11.5 Å². The summed E-state index contributed by atoms with van der Waals surface area (Å²) in [6, 6.07) is 18.7. The van der Waals surface area contributed by atoms with Crippen molar-refractivity contribution < 1.29 is 23.6 Å². The average Bonchev–Trinajstić information content (AvgIpc) is 3.34. The minimum Gasteiger partial charge on any atom is -0.504 e. The summed E-state index contributed by atoms with van der Waals surface area (Å²) in [5.74, 6) is 0.300. The van der Waals surface area contributed by atoms with E-state index < -0.39 is 17.9 Å². The zero-order valence-corrected chi connectivity index (χ0v) is 18.9. The third kappa shape index (κ3) is 4.08. The molecule has 2 heterocycles. The highest BCUT2D eigenvalue weighted by Gasteiger charge is 2.37. The van der Waals surface area contributed by atoms with Crippen LogP contribution in [-0.4, -0.2) is 28.4 Å². The molecule has 0 radical (unpaired) electrons. The average molecular weight is 472 g/mol. The molecular weight excluding hydrogens is 451 g/mol. The molecule has 0 saturated heterocycles. The van der Waals surface area contributed by atoms with Gasteiger partial charge in [-0.3, -0.25) is 4.90 Å². The fourth-order valence-corrected chi connectivity index (χ4v) is 4.12. The van der Waals surface area contributed by atoms with Gasteiger partial charge in [-0.05, 0) is 42.8 Å². The van der Waals surface area contributed by atoms with Gasteiger partial charge in [-0.15, -0.1) is 0 Å². The van der Waals surface area contributed by atoms with Crippen molar-refractivity contribution in [3.63, 3.8) is 0 Å². The maximum absolute atomic E-state index is 14.0. The van der Waals surface area contributed by atoms with Crippen LogP contribution in [0.2, 0.25) is 0 Å². The number of phenolic OH excluding ortho intramolecular Hbond substituents is 1. The van der Waals surface area contributed by atoms with E-state index in [2.05, 4.69) is 15.5 Å². The van der Waals surface area contributed by atoms with Crippen molar-refractivity contribution in [1.29, 1.82) is 0 Å². The number of ether oxygens (including phenoxy) is 1. The van der Waals surface area contributed by atoms with Gasteiger partial charge in [0.2, 0.25) is 5.82 Å². The highest BCUT2D eigenvalue weighted by atomic mass is 19.1. The number of carbonyl (C=O) groups is 1. The molecule has 0 aliphatic carbocycles. The number of methoxy groups -OCH3 is 1. The number of urea groups is 1. The van der Waals surface area contributed by atoms with Crippen LogP contribution in [0, 0.1) is 5.82 Å². The van der Waals surface area contributed by atoms with Crippen LogP contribution in [0.15, 0.2) is 83.0 Å². The largest absolute Gasteiger partial charge is 0.504 e. The van der Waals surface area contributed by atoms with Gasteiger partial charge >= 0.3 is 6.03 Å². The van der Waals surface area contributed by atoms with Crippen LogP contribution < -0.4 is 15.0 Å². The summed E-state index contributed by atoms with van der Waals surface area (Å²) in [5, 5.41) is 17.4. The van der Waals surface area contributed by atoms with Crippen LogP contribution >= 0.6 is 0 Å². The number of nitrogens with zero attached hydrogens (tertiary/aromatic N) is 3. The first-order chi connectivity index (χ1) is 17.0. The molecule has 2 N–H and O–H groups in total. The number of anilines is 1. The van der Waals surface area contributed by atoms with Gasteiger partial charge in [0.25, 0.3) is 5.89 Å². The van der Waals surface area contributed by atoms with Crippen molar-refractivity contribution in [3.05, 3.63) is 95.8 Å². The van der Waals surface area contributed by atoms with E-state index in [1.165, 1.54) is 36.3 Å². The van der Waals surface area contributed by atoms with E-state index in [0.717, 1.165) is 5.56 Å². The number of carbonyl (C=O) groups excluding carboxylic acids is 1. The molecule has 176 valence electrons. The Morgan fingerprint density at radius 3 is 2.60 bits per heavy atom. The molecule has 1 atom stereocenters. The van der Waals surface area contributed by atoms with Gasteiger partial charge in [0.05, 0.1) is 24.4 Å². The zero-order valence-electron chi connectivity index (χ0n) is 18.9. The predicted molar refractivity (Wildman–Crippen MR) is 127 cm³/mol. The van der Waals surface area contributed by atoms with E-state index in [1.807, 2.05) is 30.3 Å². The first kappa shape index (κ1) is 22.1. The standard InChI is InChI=1S/C26H21FN4O4/c1-15-22(25-29-24(30-35-25)16-7-4-3-5-8-16)23(17-11-12-21(34-2)20(32)13-17)28-26(33)31(15)19-10-6-9-18(27)14-19/h3-14,23,32H,1-2H3,(H,28,33). The Hall–Kier alpha value is -4.66. The summed E-state index contributed by atoms with van der Waals surface area (Å²) < 4.78 is 24.8. The Morgan fingerprint density at radius 2 is 1.89 bits per heavy atom. The van der Waals surface area contributed by atoms with E-state index in [4.69, 9.17) is 9.26 Å². The lowest BCUT2D eigenvalue weighted by atomic mass is 9.94. The van der Waals surface area contributed by atoms with Gasteiger partial charge < -0.3 is 19.7 Å². The fourth-order valence-electron chi connectivity index (χ4n) is 4.12. The second kappa shape index (κ2) is 8.94. The predicted octanol–water partition coefficient (Wildman–Crippen LogP) is 5.29. The van der Waals surface area contributed by atoms with Gasteiger partial charge in [0, 0.05) is 11.3 Å². The van der Waals surface area contributed by atoms with Crippen LogP contribution in [-0.2, 0) is 0 Å². The second-order valence-electron chi connectivity index (χ2n) is 7.92. The number of hydrogen-bond acceptors (Lipinski definition) is 6. The third-order valence-corrected chi connectivity index (χ3v) is 5.78. The first-order valence-electron chi connectivity index (χ1n) is 10.8. The molecule has 0 spiro atoms. The Bertz CT molecular complexity index is 1430. The Labute approximate surface area is 200 Å². The second-order valence-corrected chi connectivity index (χ2v) is 7.92. The lowest BCUT2D eigenvalue weighted by Gasteiger charge is -2.35. The first-order valence-corrected chi connectivity index (χ1v) is 10.8. The molecule has 0 saturated carbocycles. The van der Waals surface area contributed by atoms with Crippen molar-refractivity contribution >= 4 is 17.3 Å². The molecule has 3 aromatic carbocycles. The molecular formula is C26H21FN4O4. The number of amides is 2. The number of phenols is 1. The molecule has 8 nitrogen and oxygen atoms in total. The molecule has 2 amide bonds. The minimum absolute atomic E-state index is 0.0840. The summed E-state index contributed by atoms with van der Waals surface area (Å²) in [7, 11) is 1.45. The number of rotatable bonds is 5. The zero-order chi connectivity index (χ0) is 24.5. The van der Waals surface area contributed by atoms with E-state index in [9.17, 15) is 14.3 Å². The van der Waals surface area contributed by atoms with E-state index in [-0.39, 0.29) is 11.6 Å². The van der Waals surface area contributed by atoms with Crippen molar-refractivity contribution in [2.45, 2.75) is 13.0 Å². The van der Waals surface area contributed by atoms with E-state index in [1.54, 1.807) is 25.1 Å². The van der Waals surface area contributed by atoms with Gasteiger partial charge in [-0.2, -0.15) is 4.98 Å². The van der Waals surface area contributed by atoms with Crippen LogP contribution in [0.1, 0.15) is 24.4 Å². The highest BCUT2D eigenvalue weighted by molar-refractivity contribution is 6.01. The Morgan fingerprint density at radius 1 is 1.09 bits per heavy atom. The summed E-state index contributed by atoms with van der Waals surface area (Å²) in [5.41, 5.74) is 2.66. The van der Waals surface area contributed by atoms with Crippen molar-refractivity contribution in [3.8, 4) is 22.9 Å². The molecule has 1 aliphatic rings. The molecule has 35 heavy (non-hydrogen) atoms. The molecule has 1 aromatic heterocycles. The summed E-state index contributed by atoms with van der Waals surface area (Å²) in [4.78, 5) is 19.2. The molecule has 5 rings (SSSR count). The van der Waals surface area contributed by atoms with Crippen LogP contribution in [0.25, 0.3) is 17.0 Å². The van der Waals surface area contributed by atoms with Gasteiger partial charge in [-0.1, -0.05) is 47.6 Å². The molecule has 0 fully saturated rings. The van der Waals surface area contributed by atoms with Crippen molar-refractivity contribution in [2.24, 2.45) is 0 Å².